The first-order valence-corrected chi connectivity index (χ1v) is 31.9. The van der Waals surface area contributed by atoms with Gasteiger partial charge >= 0.3 is 5.97 Å². The van der Waals surface area contributed by atoms with Crippen LogP contribution in [-0.2, 0) is 10.2 Å². The molecule has 0 saturated heterocycles. The summed E-state index contributed by atoms with van der Waals surface area (Å²) in [6.07, 6.45) is 21.2. The Labute approximate surface area is 491 Å². The van der Waals surface area contributed by atoms with E-state index in [2.05, 4.69) is 156 Å². The summed E-state index contributed by atoms with van der Waals surface area (Å²) in [7, 11) is 0. The molecule has 0 aliphatic heterocycles. The number of rotatable bonds is 34. The predicted octanol–water partition coefficient (Wildman–Crippen LogP) is 21.2. The van der Waals surface area contributed by atoms with Crippen LogP contribution >= 0.6 is 22.7 Å². The Morgan fingerprint density at radius 3 is 1.36 bits per heavy atom. The Balaban J connectivity index is 1.18. The van der Waals surface area contributed by atoms with Crippen molar-refractivity contribution in [2.45, 2.75) is 163 Å². The number of ether oxygens (including phenoxy) is 4. The number of unbranched alkanes of at least 4 members (excludes halogenated alkanes) is 10. The molecule has 2 aromatic heterocycles. The van der Waals surface area contributed by atoms with Gasteiger partial charge in [-0.2, -0.15) is 5.26 Å². The van der Waals surface area contributed by atoms with Crippen LogP contribution in [0.5, 0.6) is 23.0 Å². The lowest BCUT2D eigenvalue weighted by molar-refractivity contribution is -0.132. The lowest BCUT2D eigenvalue weighted by atomic mass is 9.71. The zero-order valence-corrected chi connectivity index (χ0v) is 50.5. The highest BCUT2D eigenvalue weighted by Crippen LogP contribution is 2.61. The first kappa shape index (κ1) is 60.3. The highest BCUT2D eigenvalue weighted by Gasteiger charge is 2.45. The van der Waals surface area contributed by atoms with E-state index in [9.17, 15) is 15.2 Å². The topological polar surface area (TPSA) is 101 Å². The normalized spacial score (nSPS) is 12.4. The van der Waals surface area contributed by atoms with Crippen LogP contribution in [0.4, 0.5) is 17.1 Å². The van der Waals surface area contributed by atoms with Crippen LogP contribution in [0.2, 0.25) is 0 Å². The first-order chi connectivity index (χ1) is 39.7. The molecule has 0 unspecified atom stereocenters. The molecule has 8 nitrogen and oxygen atoms in total. The number of nitriles is 1. The number of hydrogen-bond acceptors (Lipinski definition) is 9. The monoisotopic (exact) mass is 1120 g/mol. The maximum Gasteiger partial charge on any atom is 0.346 e. The molecule has 1 aliphatic carbocycles. The van der Waals surface area contributed by atoms with Crippen LogP contribution in [-0.4, -0.2) is 37.5 Å². The summed E-state index contributed by atoms with van der Waals surface area (Å²) in [5, 5.41) is 19.6. The molecule has 0 bridgehead atoms. The van der Waals surface area contributed by atoms with Gasteiger partial charge in [0.05, 0.1) is 26.4 Å². The molecule has 81 heavy (non-hydrogen) atoms. The van der Waals surface area contributed by atoms with E-state index in [0.717, 1.165) is 150 Å². The van der Waals surface area contributed by atoms with Gasteiger partial charge in [0, 0.05) is 65.2 Å². The van der Waals surface area contributed by atoms with Gasteiger partial charge < -0.3 is 29.0 Å². The summed E-state index contributed by atoms with van der Waals surface area (Å²) in [5.41, 5.74) is 10.7. The van der Waals surface area contributed by atoms with Gasteiger partial charge in [0.2, 0.25) is 0 Å². The minimum absolute atomic E-state index is 0.172. The number of carboxylic acids is 1. The molecule has 0 fully saturated rings. The standard InChI is InChI=1S/C71H84N2O6S2/c1-7-13-19-21-39-71(40-22-20-14-8-2)63-48-60(45-54(50-72)70(74)75)80-68(63)69-64(71)49-67(81-69)53-27-33-57(34-28-53)73(55-29-23-51(24-30-55)61-37-35-58(76-41-15-9-3)46-65(61)78-43-17-11-5)56-31-25-52(26-32-56)62-38-36-59(77-42-16-10-4)47-66(62)79-44-18-12-6/h23-38,45-49H,7-22,39-44H2,1-6H3,(H,74,75). The number of nitrogens with zero attached hydrogens (tertiary/aromatic N) is 2. The Kier molecular flexibility index (Phi) is 22.6. The van der Waals surface area contributed by atoms with Crippen LogP contribution in [0.15, 0.2) is 127 Å². The maximum absolute atomic E-state index is 12.0. The van der Waals surface area contributed by atoms with Crippen molar-refractivity contribution >= 4 is 51.8 Å². The second-order valence-corrected chi connectivity index (χ2v) is 23.7. The number of carboxylic acid groups (broad SMARTS) is 1. The van der Waals surface area contributed by atoms with Crippen molar-refractivity contribution in [1.82, 2.24) is 0 Å². The SMILES string of the molecule is CCCCCCC1(CCCCCC)c2cc(C=C(C#N)C(=O)O)sc2-c2sc(-c3ccc(N(c4ccc(-c5ccc(OCCCC)cc5OCCCC)cc4)c4ccc(-c5ccc(OCCCC)cc5OCCCC)cc4)cc3)cc21. The first-order valence-electron chi connectivity index (χ1n) is 30.2. The molecular weight excluding hydrogens is 1040 g/mol. The van der Waals surface area contributed by atoms with Crippen LogP contribution in [0, 0.1) is 11.3 Å². The second kappa shape index (κ2) is 30.3. The highest BCUT2D eigenvalue weighted by molar-refractivity contribution is 7.24. The van der Waals surface area contributed by atoms with Crippen molar-refractivity contribution in [2.24, 2.45) is 0 Å². The number of thiophene rings is 2. The average molecular weight is 1130 g/mol. The number of anilines is 3. The summed E-state index contributed by atoms with van der Waals surface area (Å²) in [4.78, 5) is 18.9. The summed E-state index contributed by atoms with van der Waals surface area (Å²) in [6, 6.07) is 45.7. The third-order valence-electron chi connectivity index (χ3n) is 15.5. The molecule has 5 aromatic carbocycles. The Hall–Kier alpha value is -6.80. The van der Waals surface area contributed by atoms with E-state index in [4.69, 9.17) is 18.9 Å². The smallest absolute Gasteiger partial charge is 0.346 e. The minimum atomic E-state index is -1.19. The summed E-state index contributed by atoms with van der Waals surface area (Å²) < 4.78 is 25.2. The molecule has 0 atom stereocenters. The minimum Gasteiger partial charge on any atom is -0.493 e. The van der Waals surface area contributed by atoms with E-state index < -0.39 is 5.97 Å². The van der Waals surface area contributed by atoms with Crippen molar-refractivity contribution in [1.29, 1.82) is 5.26 Å². The van der Waals surface area contributed by atoms with Crippen molar-refractivity contribution in [3.05, 3.63) is 143 Å². The lowest BCUT2D eigenvalue weighted by Crippen LogP contribution is -2.25. The molecule has 1 N–H and O–H groups in total. The zero-order valence-electron chi connectivity index (χ0n) is 48.9. The Morgan fingerprint density at radius 2 is 0.926 bits per heavy atom. The van der Waals surface area contributed by atoms with E-state index in [1.807, 2.05) is 29.5 Å². The van der Waals surface area contributed by atoms with Crippen molar-refractivity contribution in [2.75, 3.05) is 31.3 Å². The Bertz CT molecular complexity index is 3060. The molecule has 2 heterocycles. The van der Waals surface area contributed by atoms with Crippen molar-refractivity contribution in [3.63, 3.8) is 0 Å². The number of fused-ring (bicyclic) bond motifs is 3. The second-order valence-electron chi connectivity index (χ2n) is 21.5. The van der Waals surface area contributed by atoms with Crippen LogP contribution < -0.4 is 23.8 Å². The summed E-state index contributed by atoms with van der Waals surface area (Å²) in [5.74, 6) is 2.11. The van der Waals surface area contributed by atoms with Gasteiger partial charge in [-0.1, -0.05) is 155 Å². The fourth-order valence-electron chi connectivity index (χ4n) is 10.9. The van der Waals surface area contributed by atoms with Crippen molar-refractivity contribution < 1.29 is 28.8 Å². The maximum atomic E-state index is 12.0. The van der Waals surface area contributed by atoms with E-state index in [1.165, 1.54) is 64.3 Å². The fraction of sp³-hybridized carbons (Fsp3) is 0.408. The van der Waals surface area contributed by atoms with E-state index in [-0.39, 0.29) is 11.0 Å². The number of carbonyl (C=O) groups is 1. The molecule has 0 amide bonds. The largest absolute Gasteiger partial charge is 0.493 e. The molecule has 10 heteroatoms. The van der Waals surface area contributed by atoms with Gasteiger partial charge in [-0.3, -0.25) is 0 Å². The van der Waals surface area contributed by atoms with Crippen molar-refractivity contribution in [3.8, 4) is 71.5 Å². The third-order valence-corrected chi connectivity index (χ3v) is 17.9. The summed E-state index contributed by atoms with van der Waals surface area (Å²) >= 11 is 3.47. The molecule has 0 spiro atoms. The van der Waals surface area contributed by atoms with E-state index in [0.29, 0.717) is 26.4 Å². The number of aliphatic carboxylic acids is 1. The summed E-state index contributed by atoms with van der Waals surface area (Å²) in [6.45, 7) is 15.9. The molecule has 0 radical (unpaired) electrons. The Morgan fingerprint density at radius 1 is 0.506 bits per heavy atom. The quantitative estimate of drug-likeness (QED) is 0.0242. The average Bonchev–Trinajstić information content (AvgIpc) is 4.22. The lowest BCUT2D eigenvalue weighted by Gasteiger charge is -2.31. The molecule has 1 aliphatic rings. The molecule has 8 rings (SSSR count). The molecule has 426 valence electrons. The van der Waals surface area contributed by atoms with E-state index >= 15 is 0 Å². The highest BCUT2D eigenvalue weighted by atomic mass is 32.1. The third kappa shape index (κ3) is 15.0. The van der Waals surface area contributed by atoms with Gasteiger partial charge in [0.15, 0.2) is 0 Å². The van der Waals surface area contributed by atoms with Gasteiger partial charge in [0.25, 0.3) is 0 Å². The predicted molar refractivity (Wildman–Crippen MR) is 340 cm³/mol. The van der Waals surface area contributed by atoms with Gasteiger partial charge in [-0.05, 0) is 145 Å². The number of hydrogen-bond donors (Lipinski definition) is 1. The van der Waals surface area contributed by atoms with Gasteiger partial charge in [-0.15, -0.1) is 22.7 Å². The van der Waals surface area contributed by atoms with Crippen LogP contribution in [0.1, 0.15) is 173 Å². The van der Waals surface area contributed by atoms with E-state index in [1.54, 1.807) is 17.4 Å². The van der Waals surface area contributed by atoms with Crippen LogP contribution in [0.3, 0.4) is 0 Å². The zero-order chi connectivity index (χ0) is 57.0. The molecule has 0 saturated carbocycles. The fourth-order valence-corrected chi connectivity index (χ4v) is 13.5. The number of benzene rings is 5. The molecular formula is C71H84N2O6S2. The molecule has 7 aromatic rings. The van der Waals surface area contributed by atoms with Gasteiger partial charge in [0.1, 0.15) is 34.6 Å². The van der Waals surface area contributed by atoms with Crippen LogP contribution in [0.25, 0.3) is 48.5 Å². The van der Waals surface area contributed by atoms with Gasteiger partial charge in [-0.25, -0.2) is 4.79 Å².